The summed E-state index contributed by atoms with van der Waals surface area (Å²) in [6.07, 6.45) is 3.31. The van der Waals surface area contributed by atoms with E-state index in [0.717, 1.165) is 55.6 Å². The predicted octanol–water partition coefficient (Wildman–Crippen LogP) is 10.6. The summed E-state index contributed by atoms with van der Waals surface area (Å²) < 4.78 is 6.76. The topological polar surface area (TPSA) is 62.8 Å². The first-order valence-corrected chi connectivity index (χ1v) is 16.5. The van der Waals surface area contributed by atoms with Gasteiger partial charge in [0.25, 0.3) is 0 Å². The molecule has 9 aromatic rings. The molecular formula is C44H28N4O. The fourth-order valence-corrected chi connectivity index (χ4v) is 7.33. The summed E-state index contributed by atoms with van der Waals surface area (Å²) in [6, 6.07) is 50.9. The second-order valence-corrected chi connectivity index (χ2v) is 12.4. The number of aliphatic imine (C=N–C) groups is 2. The molecule has 49 heavy (non-hydrogen) atoms. The van der Waals surface area contributed by atoms with Crippen molar-refractivity contribution < 1.29 is 4.42 Å². The fraction of sp³-hybridized carbons (Fsp3) is 0.0227. The van der Waals surface area contributed by atoms with Crippen LogP contribution in [-0.4, -0.2) is 16.7 Å². The van der Waals surface area contributed by atoms with Crippen molar-refractivity contribution in [3.63, 3.8) is 0 Å². The van der Waals surface area contributed by atoms with E-state index in [2.05, 4.69) is 113 Å². The SMILES string of the molecule is c1ccc(C2=NC(c3ccc(-c4cc5c6ccccc6ccc5c5ccccc45)c4oc5cnccc5c34)=NC(c3ccccc3)N2)cc1. The van der Waals surface area contributed by atoms with Gasteiger partial charge in [-0.1, -0.05) is 121 Å². The van der Waals surface area contributed by atoms with Crippen LogP contribution in [-0.2, 0) is 0 Å². The van der Waals surface area contributed by atoms with E-state index in [-0.39, 0.29) is 6.17 Å². The molecule has 0 spiro atoms. The third kappa shape index (κ3) is 4.44. The van der Waals surface area contributed by atoms with Gasteiger partial charge in [-0.3, -0.25) is 4.98 Å². The number of benzene rings is 7. The maximum absolute atomic E-state index is 6.76. The van der Waals surface area contributed by atoms with Crippen molar-refractivity contribution in [2.24, 2.45) is 9.98 Å². The van der Waals surface area contributed by atoms with E-state index in [9.17, 15) is 0 Å². The molecule has 7 aromatic carbocycles. The Hall–Kier alpha value is -6.59. The molecule has 0 radical (unpaired) electrons. The van der Waals surface area contributed by atoms with Crippen molar-refractivity contribution in [1.82, 2.24) is 10.3 Å². The maximum atomic E-state index is 6.76. The average Bonchev–Trinajstić information content (AvgIpc) is 3.57. The van der Waals surface area contributed by atoms with Crippen molar-refractivity contribution in [3.05, 3.63) is 175 Å². The molecule has 0 fully saturated rings. The molecule has 1 aliphatic heterocycles. The summed E-state index contributed by atoms with van der Waals surface area (Å²) in [5.41, 5.74) is 6.62. The molecule has 0 aliphatic carbocycles. The van der Waals surface area contributed by atoms with Crippen molar-refractivity contribution in [2.75, 3.05) is 0 Å². The molecule has 0 bridgehead atoms. The van der Waals surface area contributed by atoms with E-state index in [1.54, 1.807) is 6.20 Å². The van der Waals surface area contributed by atoms with Crippen LogP contribution in [0.5, 0.6) is 0 Å². The quantitative estimate of drug-likeness (QED) is 0.197. The van der Waals surface area contributed by atoms with E-state index in [4.69, 9.17) is 14.4 Å². The Morgan fingerprint density at radius 3 is 2.12 bits per heavy atom. The number of pyridine rings is 1. The Balaban J connectivity index is 1.26. The van der Waals surface area contributed by atoms with Crippen LogP contribution in [0.1, 0.15) is 22.9 Å². The van der Waals surface area contributed by atoms with E-state index < -0.39 is 0 Å². The normalized spacial score (nSPS) is 14.7. The first-order chi connectivity index (χ1) is 24.3. The lowest BCUT2D eigenvalue weighted by Crippen LogP contribution is -2.33. The second-order valence-electron chi connectivity index (χ2n) is 12.4. The van der Waals surface area contributed by atoms with Gasteiger partial charge in [-0.25, -0.2) is 9.98 Å². The summed E-state index contributed by atoms with van der Waals surface area (Å²) in [7, 11) is 0. The first kappa shape index (κ1) is 27.5. The van der Waals surface area contributed by atoms with Gasteiger partial charge in [0.2, 0.25) is 0 Å². The largest absolute Gasteiger partial charge is 0.454 e. The van der Waals surface area contributed by atoms with Crippen LogP contribution >= 0.6 is 0 Å². The highest BCUT2D eigenvalue weighted by molar-refractivity contribution is 6.26. The van der Waals surface area contributed by atoms with Crippen LogP contribution in [0.4, 0.5) is 0 Å². The molecule has 1 atom stereocenters. The summed E-state index contributed by atoms with van der Waals surface area (Å²) in [6.45, 7) is 0. The first-order valence-electron chi connectivity index (χ1n) is 16.5. The van der Waals surface area contributed by atoms with Crippen molar-refractivity contribution in [3.8, 4) is 11.1 Å². The highest BCUT2D eigenvalue weighted by atomic mass is 16.3. The number of rotatable bonds is 4. The number of aromatic nitrogens is 1. The molecule has 1 N–H and O–H groups in total. The molecular weight excluding hydrogens is 601 g/mol. The van der Waals surface area contributed by atoms with Crippen molar-refractivity contribution in [2.45, 2.75) is 6.17 Å². The van der Waals surface area contributed by atoms with Gasteiger partial charge in [-0.2, -0.15) is 0 Å². The predicted molar refractivity (Wildman–Crippen MR) is 201 cm³/mol. The Bertz CT molecular complexity index is 2800. The zero-order chi connectivity index (χ0) is 32.3. The summed E-state index contributed by atoms with van der Waals surface area (Å²) in [5.74, 6) is 1.43. The molecule has 1 aliphatic rings. The Kier molecular flexibility index (Phi) is 6.18. The highest BCUT2D eigenvalue weighted by Crippen LogP contribution is 2.43. The Labute approximate surface area is 281 Å². The molecule has 0 saturated carbocycles. The molecule has 3 heterocycles. The molecule has 2 aromatic heterocycles. The molecule has 0 saturated heterocycles. The van der Waals surface area contributed by atoms with E-state index in [1.165, 1.54) is 32.3 Å². The number of hydrogen-bond acceptors (Lipinski definition) is 5. The number of furan rings is 1. The fourth-order valence-electron chi connectivity index (χ4n) is 7.33. The van der Waals surface area contributed by atoms with Gasteiger partial charge < -0.3 is 9.73 Å². The number of fused-ring (bicyclic) bond motifs is 8. The second kappa shape index (κ2) is 11.0. The van der Waals surface area contributed by atoms with Gasteiger partial charge in [0, 0.05) is 33.7 Å². The zero-order valence-electron chi connectivity index (χ0n) is 26.3. The van der Waals surface area contributed by atoms with E-state index in [1.807, 2.05) is 48.7 Å². The minimum atomic E-state index is -0.309. The Morgan fingerprint density at radius 1 is 0.551 bits per heavy atom. The lowest BCUT2D eigenvalue weighted by molar-refractivity contribution is 0.667. The van der Waals surface area contributed by atoms with Crippen LogP contribution in [0.15, 0.2) is 172 Å². The van der Waals surface area contributed by atoms with Crippen LogP contribution in [0.25, 0.3) is 65.4 Å². The number of amidine groups is 2. The summed E-state index contributed by atoms with van der Waals surface area (Å²) in [4.78, 5) is 14.8. The van der Waals surface area contributed by atoms with Crippen molar-refractivity contribution in [1.29, 1.82) is 0 Å². The molecule has 1 unspecified atom stereocenters. The summed E-state index contributed by atoms with van der Waals surface area (Å²) >= 11 is 0. The molecule has 10 rings (SSSR count). The standard InChI is InChI=1S/C44H28N4O/c1-3-12-28(13-4-1)42-46-43(29-14-5-2-6-15-29)48-44(47-42)36-22-21-34(41-40(36)35-23-24-45-26-39(35)49-41)38-25-37-30-16-8-7-11-27(30)19-20-33(37)31-17-9-10-18-32(31)38/h1-26,42H,(H,46,47,48). The third-order valence-electron chi connectivity index (χ3n) is 9.63. The molecule has 5 nitrogen and oxygen atoms in total. The minimum Gasteiger partial charge on any atom is -0.454 e. The van der Waals surface area contributed by atoms with Gasteiger partial charge in [0.15, 0.2) is 11.4 Å². The lowest BCUT2D eigenvalue weighted by Gasteiger charge is -2.24. The molecule has 0 amide bonds. The molecule has 5 heteroatoms. The zero-order valence-corrected chi connectivity index (χ0v) is 26.3. The smallest absolute Gasteiger partial charge is 0.160 e. The monoisotopic (exact) mass is 628 g/mol. The van der Waals surface area contributed by atoms with Gasteiger partial charge in [-0.05, 0) is 67.7 Å². The maximum Gasteiger partial charge on any atom is 0.160 e. The average molecular weight is 629 g/mol. The number of nitrogens with zero attached hydrogens (tertiary/aromatic N) is 3. The van der Waals surface area contributed by atoms with Gasteiger partial charge in [0.05, 0.1) is 6.20 Å². The van der Waals surface area contributed by atoms with Crippen LogP contribution in [0, 0.1) is 0 Å². The third-order valence-corrected chi connectivity index (χ3v) is 9.63. The van der Waals surface area contributed by atoms with Crippen molar-refractivity contribution >= 4 is 65.9 Å². The minimum absolute atomic E-state index is 0.309. The summed E-state index contributed by atoms with van der Waals surface area (Å²) in [5, 5.41) is 12.8. The van der Waals surface area contributed by atoms with Crippen LogP contribution in [0.2, 0.25) is 0 Å². The van der Waals surface area contributed by atoms with Gasteiger partial charge in [0.1, 0.15) is 17.6 Å². The van der Waals surface area contributed by atoms with Crippen LogP contribution in [0.3, 0.4) is 0 Å². The highest BCUT2D eigenvalue weighted by Gasteiger charge is 2.25. The molecule has 230 valence electrons. The van der Waals surface area contributed by atoms with Gasteiger partial charge in [-0.15, -0.1) is 0 Å². The van der Waals surface area contributed by atoms with E-state index in [0.29, 0.717) is 5.84 Å². The lowest BCUT2D eigenvalue weighted by atomic mass is 9.89. The number of hydrogen-bond donors (Lipinski definition) is 1. The number of nitrogens with one attached hydrogen (secondary N) is 1. The van der Waals surface area contributed by atoms with E-state index >= 15 is 0 Å². The van der Waals surface area contributed by atoms with Gasteiger partial charge >= 0.3 is 0 Å². The van der Waals surface area contributed by atoms with Crippen LogP contribution < -0.4 is 5.32 Å². The Morgan fingerprint density at radius 2 is 1.27 bits per heavy atom.